The monoisotopic (exact) mass is 181 g/mol. The van der Waals surface area contributed by atoms with E-state index in [1.54, 1.807) is 25.3 Å². The number of ether oxygens (including phenoxy) is 1. The third-order valence-electron chi connectivity index (χ3n) is 1.61. The van der Waals surface area contributed by atoms with E-state index in [0.717, 1.165) is 0 Å². The first-order valence-electron chi connectivity index (χ1n) is 3.92. The quantitative estimate of drug-likeness (QED) is 0.762. The Balaban J connectivity index is 2.74. The Morgan fingerprint density at radius 2 is 2.38 bits per heavy atom. The van der Waals surface area contributed by atoms with Gasteiger partial charge in [-0.2, -0.15) is 0 Å². The average Bonchev–Trinajstić information content (AvgIpc) is 2.08. The topological polar surface area (TPSA) is 59.4 Å². The molecule has 0 aromatic carbocycles. The normalized spacial score (nSPS) is 12.2. The number of carboxylic acid groups (broad SMARTS) is 1. The van der Waals surface area contributed by atoms with Gasteiger partial charge in [0.15, 0.2) is 6.10 Å². The van der Waals surface area contributed by atoms with Crippen LogP contribution in [0.5, 0.6) is 5.75 Å². The second-order valence-electron chi connectivity index (χ2n) is 2.69. The van der Waals surface area contributed by atoms with Gasteiger partial charge in [-0.15, -0.1) is 0 Å². The molecule has 4 heteroatoms. The van der Waals surface area contributed by atoms with Crippen molar-refractivity contribution >= 4 is 5.97 Å². The van der Waals surface area contributed by atoms with Crippen molar-refractivity contribution in [2.75, 3.05) is 0 Å². The molecule has 1 aromatic rings. The number of rotatable bonds is 3. The molecule has 1 N–H and O–H groups in total. The Bertz CT molecular complexity index is 311. The van der Waals surface area contributed by atoms with Gasteiger partial charge in [0.05, 0.1) is 5.69 Å². The molecule has 0 bridgehead atoms. The summed E-state index contributed by atoms with van der Waals surface area (Å²) in [6.45, 7) is 3.25. The van der Waals surface area contributed by atoms with Crippen LogP contribution < -0.4 is 4.74 Å². The van der Waals surface area contributed by atoms with E-state index in [1.807, 2.05) is 0 Å². The van der Waals surface area contributed by atoms with E-state index >= 15 is 0 Å². The maximum atomic E-state index is 10.5. The maximum absolute atomic E-state index is 10.5. The minimum absolute atomic E-state index is 0.511. The van der Waals surface area contributed by atoms with E-state index < -0.39 is 12.1 Å². The molecule has 0 amide bonds. The Labute approximate surface area is 76.2 Å². The van der Waals surface area contributed by atoms with Gasteiger partial charge in [-0.05, 0) is 26.0 Å². The number of aromatic nitrogens is 1. The van der Waals surface area contributed by atoms with Crippen LogP contribution in [0.15, 0.2) is 18.3 Å². The fraction of sp³-hybridized carbons (Fsp3) is 0.333. The molecule has 0 aliphatic heterocycles. The van der Waals surface area contributed by atoms with Crippen molar-refractivity contribution in [3.63, 3.8) is 0 Å². The first kappa shape index (κ1) is 9.51. The van der Waals surface area contributed by atoms with Crippen LogP contribution >= 0.6 is 0 Å². The summed E-state index contributed by atoms with van der Waals surface area (Å²) in [6.07, 6.45) is 0.788. The molecule has 0 saturated heterocycles. The Morgan fingerprint density at radius 1 is 1.69 bits per heavy atom. The Hall–Kier alpha value is -1.58. The first-order chi connectivity index (χ1) is 6.11. The van der Waals surface area contributed by atoms with Crippen LogP contribution in [-0.4, -0.2) is 22.2 Å². The molecule has 0 aliphatic rings. The molecule has 1 atom stereocenters. The molecule has 0 aliphatic carbocycles. The molecule has 13 heavy (non-hydrogen) atoms. The number of nitrogens with zero attached hydrogens (tertiary/aromatic N) is 1. The smallest absolute Gasteiger partial charge is 0.344 e. The summed E-state index contributed by atoms with van der Waals surface area (Å²) in [5.41, 5.74) is 0.690. The molecule has 0 fully saturated rings. The van der Waals surface area contributed by atoms with Gasteiger partial charge in [-0.25, -0.2) is 4.79 Å². The molecule has 70 valence electrons. The standard InChI is InChI=1S/C9H11NO3/c1-6-8(4-3-5-10-6)13-7(2)9(11)12/h3-5,7H,1-2H3,(H,11,12)/t7-/m1/s1. The van der Waals surface area contributed by atoms with Gasteiger partial charge in [-0.3, -0.25) is 4.98 Å². The predicted octanol–water partition coefficient (Wildman–Crippen LogP) is 1.24. The molecule has 1 heterocycles. The summed E-state index contributed by atoms with van der Waals surface area (Å²) < 4.78 is 5.14. The van der Waals surface area contributed by atoms with Crippen molar-refractivity contribution < 1.29 is 14.6 Å². The second kappa shape index (κ2) is 3.89. The summed E-state index contributed by atoms with van der Waals surface area (Å²) in [6, 6.07) is 3.40. The summed E-state index contributed by atoms with van der Waals surface area (Å²) in [7, 11) is 0. The lowest BCUT2D eigenvalue weighted by Gasteiger charge is -2.11. The zero-order valence-corrected chi connectivity index (χ0v) is 7.52. The van der Waals surface area contributed by atoms with Gasteiger partial charge in [0.1, 0.15) is 5.75 Å². The molecule has 0 radical (unpaired) electrons. The highest BCUT2D eigenvalue weighted by molar-refractivity contribution is 5.72. The Kier molecular flexibility index (Phi) is 2.84. The largest absolute Gasteiger partial charge is 0.479 e. The van der Waals surface area contributed by atoms with E-state index in [9.17, 15) is 4.79 Å². The predicted molar refractivity (Wildman–Crippen MR) is 46.7 cm³/mol. The number of aliphatic carboxylic acids is 1. The SMILES string of the molecule is Cc1ncccc1O[C@H](C)C(=O)O. The van der Waals surface area contributed by atoms with Crippen molar-refractivity contribution in [3.05, 3.63) is 24.0 Å². The van der Waals surface area contributed by atoms with Crippen LogP contribution in [0, 0.1) is 6.92 Å². The van der Waals surface area contributed by atoms with Gasteiger partial charge in [-0.1, -0.05) is 0 Å². The molecule has 4 nitrogen and oxygen atoms in total. The van der Waals surface area contributed by atoms with Crippen LogP contribution in [-0.2, 0) is 4.79 Å². The third-order valence-corrected chi connectivity index (χ3v) is 1.61. The minimum Gasteiger partial charge on any atom is -0.479 e. The van der Waals surface area contributed by atoms with Crippen molar-refractivity contribution in [2.24, 2.45) is 0 Å². The van der Waals surface area contributed by atoms with Crippen molar-refractivity contribution in [3.8, 4) is 5.75 Å². The number of aryl methyl sites for hydroxylation is 1. The molecular weight excluding hydrogens is 170 g/mol. The third kappa shape index (κ3) is 2.43. The lowest BCUT2D eigenvalue weighted by molar-refractivity contribution is -0.144. The number of hydrogen-bond acceptors (Lipinski definition) is 3. The van der Waals surface area contributed by atoms with Crippen LogP contribution in [0.3, 0.4) is 0 Å². The maximum Gasteiger partial charge on any atom is 0.344 e. The average molecular weight is 181 g/mol. The number of carbonyl (C=O) groups is 1. The van der Waals surface area contributed by atoms with Gasteiger partial charge >= 0.3 is 5.97 Å². The van der Waals surface area contributed by atoms with Crippen molar-refractivity contribution in [1.82, 2.24) is 4.98 Å². The van der Waals surface area contributed by atoms with Gasteiger partial charge < -0.3 is 9.84 Å². The van der Waals surface area contributed by atoms with Gasteiger partial charge in [0.2, 0.25) is 0 Å². The number of pyridine rings is 1. The van der Waals surface area contributed by atoms with E-state index in [4.69, 9.17) is 9.84 Å². The molecule has 0 spiro atoms. The molecule has 0 saturated carbocycles. The fourth-order valence-corrected chi connectivity index (χ4v) is 0.835. The van der Waals surface area contributed by atoms with Gasteiger partial charge in [0, 0.05) is 6.20 Å². The summed E-state index contributed by atoms with van der Waals surface area (Å²) in [5, 5.41) is 8.59. The molecule has 1 aromatic heterocycles. The van der Waals surface area contributed by atoms with E-state index in [0.29, 0.717) is 11.4 Å². The molecule has 0 unspecified atom stereocenters. The minimum atomic E-state index is -0.983. The summed E-state index contributed by atoms with van der Waals surface area (Å²) in [5.74, 6) is -0.472. The lowest BCUT2D eigenvalue weighted by Crippen LogP contribution is -2.23. The van der Waals surface area contributed by atoms with Gasteiger partial charge in [0.25, 0.3) is 0 Å². The van der Waals surface area contributed by atoms with Crippen molar-refractivity contribution in [1.29, 1.82) is 0 Å². The summed E-state index contributed by atoms with van der Waals surface area (Å²) >= 11 is 0. The number of hydrogen-bond donors (Lipinski definition) is 1. The highest BCUT2D eigenvalue weighted by Gasteiger charge is 2.13. The van der Waals surface area contributed by atoms with Crippen molar-refractivity contribution in [2.45, 2.75) is 20.0 Å². The Morgan fingerprint density at radius 3 is 2.92 bits per heavy atom. The van der Waals surface area contributed by atoms with Crippen LogP contribution in [0.25, 0.3) is 0 Å². The lowest BCUT2D eigenvalue weighted by atomic mass is 10.3. The van der Waals surface area contributed by atoms with Crippen LogP contribution in [0.4, 0.5) is 0 Å². The fourth-order valence-electron chi connectivity index (χ4n) is 0.835. The highest BCUT2D eigenvalue weighted by atomic mass is 16.5. The molecular formula is C9H11NO3. The summed E-state index contributed by atoms with van der Waals surface area (Å²) in [4.78, 5) is 14.4. The van der Waals surface area contributed by atoms with E-state index in [1.165, 1.54) is 6.92 Å². The van der Waals surface area contributed by atoms with Crippen LogP contribution in [0.1, 0.15) is 12.6 Å². The molecule has 1 rings (SSSR count). The highest BCUT2D eigenvalue weighted by Crippen LogP contribution is 2.15. The zero-order valence-electron chi connectivity index (χ0n) is 7.52. The van der Waals surface area contributed by atoms with E-state index in [2.05, 4.69) is 4.98 Å². The number of carboxylic acids is 1. The van der Waals surface area contributed by atoms with Crippen LogP contribution in [0.2, 0.25) is 0 Å². The second-order valence-corrected chi connectivity index (χ2v) is 2.69. The first-order valence-corrected chi connectivity index (χ1v) is 3.92. The zero-order chi connectivity index (χ0) is 9.84. The van der Waals surface area contributed by atoms with E-state index in [-0.39, 0.29) is 0 Å².